The first-order valence-corrected chi connectivity index (χ1v) is 7.16. The van der Waals surface area contributed by atoms with E-state index in [0.29, 0.717) is 16.8 Å². The minimum Gasteiger partial charge on any atom is -0.324 e. The molecule has 0 saturated carbocycles. The second-order valence-corrected chi connectivity index (χ2v) is 5.15. The number of nitrogens with zero attached hydrogens (tertiary/aromatic N) is 1. The fourth-order valence-electron chi connectivity index (χ4n) is 2.34. The molecule has 1 N–H and O–H groups in total. The first kappa shape index (κ1) is 15.6. The van der Waals surface area contributed by atoms with Gasteiger partial charge in [0, 0.05) is 35.7 Å². The largest absolute Gasteiger partial charge is 0.324 e. The zero-order valence-electron chi connectivity index (χ0n) is 12.7. The molecule has 0 bridgehead atoms. The molecular formula is C19H12F2N2O. The number of hydrogen-bond donors (Lipinski definition) is 1. The summed E-state index contributed by atoms with van der Waals surface area (Å²) in [6.07, 6.45) is 1.62. The van der Waals surface area contributed by atoms with E-state index < -0.39 is 11.6 Å². The molecule has 5 heteroatoms. The predicted molar refractivity (Wildman–Crippen MR) is 88.4 cm³/mol. The number of halogens is 2. The molecule has 0 fully saturated rings. The summed E-state index contributed by atoms with van der Waals surface area (Å²) in [5.41, 5.74) is 2.08. The molecule has 0 saturated heterocycles. The van der Waals surface area contributed by atoms with E-state index >= 15 is 0 Å². The van der Waals surface area contributed by atoms with Crippen molar-refractivity contribution in [2.24, 2.45) is 0 Å². The van der Waals surface area contributed by atoms with Crippen molar-refractivity contribution in [3.05, 3.63) is 71.4 Å². The van der Waals surface area contributed by atoms with Crippen LogP contribution in [0.2, 0.25) is 0 Å². The van der Waals surface area contributed by atoms with E-state index in [2.05, 4.69) is 22.1 Å². The molecule has 2 aromatic carbocycles. The van der Waals surface area contributed by atoms with Gasteiger partial charge in [-0.15, -0.1) is 0 Å². The normalized spacial score (nSPS) is 10.1. The van der Waals surface area contributed by atoms with Crippen molar-refractivity contribution < 1.29 is 13.6 Å². The molecule has 118 valence electrons. The van der Waals surface area contributed by atoms with Gasteiger partial charge in [0.05, 0.1) is 11.2 Å². The monoisotopic (exact) mass is 322 g/mol. The summed E-state index contributed by atoms with van der Waals surface area (Å²) in [6.45, 7) is 1.42. The van der Waals surface area contributed by atoms with Gasteiger partial charge in [-0.2, -0.15) is 0 Å². The Morgan fingerprint density at radius 1 is 1.08 bits per heavy atom. The average molecular weight is 322 g/mol. The highest BCUT2D eigenvalue weighted by Crippen LogP contribution is 2.24. The Kier molecular flexibility index (Phi) is 4.21. The van der Waals surface area contributed by atoms with Crippen LogP contribution < -0.4 is 5.32 Å². The van der Waals surface area contributed by atoms with Gasteiger partial charge < -0.3 is 5.32 Å². The molecular weight excluding hydrogens is 310 g/mol. The summed E-state index contributed by atoms with van der Waals surface area (Å²) in [4.78, 5) is 15.6. The lowest BCUT2D eigenvalue weighted by Gasteiger charge is -2.07. The molecule has 24 heavy (non-hydrogen) atoms. The lowest BCUT2D eigenvalue weighted by Crippen LogP contribution is -2.06. The second-order valence-electron chi connectivity index (χ2n) is 5.15. The maximum Gasteiger partial charge on any atom is 0.221 e. The quantitative estimate of drug-likeness (QED) is 0.691. The Bertz CT molecular complexity index is 983. The van der Waals surface area contributed by atoms with Crippen LogP contribution in [0.25, 0.3) is 10.9 Å². The summed E-state index contributed by atoms with van der Waals surface area (Å²) in [7, 11) is 0. The fraction of sp³-hybridized carbons (Fsp3) is 0.0526. The number of carbonyl (C=O) groups is 1. The smallest absolute Gasteiger partial charge is 0.221 e. The van der Waals surface area contributed by atoms with E-state index in [1.54, 1.807) is 24.4 Å². The Balaban J connectivity index is 2.08. The maximum atomic E-state index is 13.2. The Labute approximate surface area is 137 Å². The number of benzene rings is 2. The van der Waals surface area contributed by atoms with Gasteiger partial charge in [0.15, 0.2) is 0 Å². The van der Waals surface area contributed by atoms with Crippen molar-refractivity contribution in [2.45, 2.75) is 6.92 Å². The third kappa shape index (κ3) is 3.39. The predicted octanol–water partition coefficient (Wildman–Crippen LogP) is 3.87. The van der Waals surface area contributed by atoms with Crippen LogP contribution in [0.4, 0.5) is 14.5 Å². The van der Waals surface area contributed by atoms with E-state index in [0.717, 1.165) is 11.5 Å². The summed E-state index contributed by atoms with van der Waals surface area (Å²) in [5.74, 6) is 4.11. The molecule has 1 aromatic heterocycles. The summed E-state index contributed by atoms with van der Waals surface area (Å²) < 4.78 is 26.4. The Morgan fingerprint density at radius 2 is 1.83 bits per heavy atom. The van der Waals surface area contributed by atoms with Crippen molar-refractivity contribution >= 4 is 22.5 Å². The molecule has 0 radical (unpaired) electrons. The van der Waals surface area contributed by atoms with Crippen LogP contribution >= 0.6 is 0 Å². The molecule has 3 nitrogen and oxygen atoms in total. The number of rotatable bonds is 1. The number of pyridine rings is 1. The van der Waals surface area contributed by atoms with Crippen molar-refractivity contribution in [2.75, 3.05) is 5.32 Å². The summed E-state index contributed by atoms with van der Waals surface area (Å²) in [5, 5.41) is 3.46. The van der Waals surface area contributed by atoms with Crippen LogP contribution in [0, 0.1) is 23.5 Å². The molecule has 0 aliphatic carbocycles. The van der Waals surface area contributed by atoms with Crippen molar-refractivity contribution in [3.63, 3.8) is 0 Å². The van der Waals surface area contributed by atoms with E-state index in [1.165, 1.54) is 19.1 Å². The number of hydrogen-bond acceptors (Lipinski definition) is 2. The minimum atomic E-state index is -0.674. The zero-order valence-corrected chi connectivity index (χ0v) is 12.7. The van der Waals surface area contributed by atoms with E-state index in [4.69, 9.17) is 0 Å². The molecule has 1 heterocycles. The highest BCUT2D eigenvalue weighted by Gasteiger charge is 2.07. The first-order chi connectivity index (χ1) is 11.5. The van der Waals surface area contributed by atoms with Crippen LogP contribution in [0.3, 0.4) is 0 Å². The van der Waals surface area contributed by atoms with Crippen LogP contribution in [0.15, 0.2) is 48.7 Å². The van der Waals surface area contributed by atoms with Crippen LogP contribution in [0.1, 0.15) is 18.1 Å². The Hall–Kier alpha value is -3.26. The summed E-state index contributed by atoms with van der Waals surface area (Å²) in [6, 6.07) is 10.2. The molecule has 0 aliphatic heterocycles. The van der Waals surface area contributed by atoms with Gasteiger partial charge in [-0.3, -0.25) is 9.78 Å². The van der Waals surface area contributed by atoms with E-state index in [9.17, 15) is 13.6 Å². The highest BCUT2D eigenvalue weighted by molar-refractivity contribution is 6.01. The third-order valence-electron chi connectivity index (χ3n) is 3.28. The second kappa shape index (κ2) is 6.47. The molecule has 0 atom stereocenters. The maximum absolute atomic E-state index is 13.2. The zero-order chi connectivity index (χ0) is 17.1. The Morgan fingerprint density at radius 3 is 2.54 bits per heavy atom. The average Bonchev–Trinajstić information content (AvgIpc) is 2.53. The SMILES string of the molecule is CC(=O)Nc1ccc(C#Cc2cc(F)cc(F)c2)c2cccnc12. The van der Waals surface area contributed by atoms with Crippen molar-refractivity contribution in [1.82, 2.24) is 4.98 Å². The molecule has 0 aliphatic rings. The van der Waals surface area contributed by atoms with Crippen LogP contribution in [0.5, 0.6) is 0 Å². The van der Waals surface area contributed by atoms with Gasteiger partial charge in [-0.05, 0) is 36.4 Å². The molecule has 0 unspecified atom stereocenters. The fourth-order valence-corrected chi connectivity index (χ4v) is 2.34. The number of fused-ring (bicyclic) bond motifs is 1. The van der Waals surface area contributed by atoms with E-state index in [1.807, 2.05) is 6.07 Å². The highest BCUT2D eigenvalue weighted by atomic mass is 19.1. The first-order valence-electron chi connectivity index (χ1n) is 7.16. The van der Waals surface area contributed by atoms with Gasteiger partial charge in [0.2, 0.25) is 5.91 Å². The number of amides is 1. The van der Waals surface area contributed by atoms with Gasteiger partial charge in [0.25, 0.3) is 0 Å². The van der Waals surface area contributed by atoms with Crippen LogP contribution in [-0.4, -0.2) is 10.9 Å². The van der Waals surface area contributed by atoms with Gasteiger partial charge >= 0.3 is 0 Å². The molecule has 3 rings (SSSR count). The number of carbonyl (C=O) groups excluding carboxylic acids is 1. The van der Waals surface area contributed by atoms with Gasteiger partial charge in [0.1, 0.15) is 11.6 Å². The van der Waals surface area contributed by atoms with E-state index in [-0.39, 0.29) is 11.5 Å². The molecule has 3 aromatic rings. The van der Waals surface area contributed by atoms with Gasteiger partial charge in [-0.25, -0.2) is 8.78 Å². The minimum absolute atomic E-state index is 0.198. The number of aromatic nitrogens is 1. The van der Waals surface area contributed by atoms with Crippen molar-refractivity contribution in [1.29, 1.82) is 0 Å². The third-order valence-corrected chi connectivity index (χ3v) is 3.28. The number of anilines is 1. The molecule has 0 spiro atoms. The standard InChI is InChI=1S/C19H12F2N2O/c1-12(24)23-18-7-6-14(17-3-2-8-22-19(17)18)5-4-13-9-15(20)11-16(21)10-13/h2-3,6-11H,1H3,(H,23,24). The molecule has 1 amide bonds. The van der Waals surface area contributed by atoms with Gasteiger partial charge in [-0.1, -0.05) is 11.8 Å². The lowest BCUT2D eigenvalue weighted by atomic mass is 10.1. The number of nitrogens with one attached hydrogen (secondary N) is 1. The lowest BCUT2D eigenvalue weighted by molar-refractivity contribution is -0.114. The van der Waals surface area contributed by atoms with Crippen LogP contribution in [-0.2, 0) is 4.79 Å². The van der Waals surface area contributed by atoms with Crippen molar-refractivity contribution in [3.8, 4) is 11.8 Å². The topological polar surface area (TPSA) is 42.0 Å². The summed E-state index contributed by atoms with van der Waals surface area (Å²) >= 11 is 0.